The third kappa shape index (κ3) is 6.00. The van der Waals surface area contributed by atoms with E-state index in [1.807, 2.05) is 0 Å². The maximum absolute atomic E-state index is 5.23. The minimum atomic E-state index is 0.806. The molecule has 0 atom stereocenters. The number of rotatable bonds is 4. The first-order valence-corrected chi connectivity index (χ1v) is 2.82. The SMILES string of the molecule is [CH]CCCCC[CH]. The first-order valence-electron chi connectivity index (χ1n) is 2.82. The lowest BCUT2D eigenvalue weighted by atomic mass is 10.2. The van der Waals surface area contributed by atoms with Crippen molar-refractivity contribution in [3.05, 3.63) is 13.8 Å². The second-order valence-electron chi connectivity index (χ2n) is 1.64. The Kier molecular flexibility index (Phi) is 6.00. The lowest BCUT2D eigenvalue weighted by molar-refractivity contribution is 0.694. The monoisotopic (exact) mass is 96.1 g/mol. The summed E-state index contributed by atoms with van der Waals surface area (Å²) in [4.78, 5) is 0. The summed E-state index contributed by atoms with van der Waals surface area (Å²) >= 11 is 0. The van der Waals surface area contributed by atoms with Gasteiger partial charge in [0.1, 0.15) is 0 Å². The van der Waals surface area contributed by atoms with Gasteiger partial charge in [0.25, 0.3) is 0 Å². The highest BCUT2D eigenvalue weighted by Gasteiger charge is 1.80. The summed E-state index contributed by atoms with van der Waals surface area (Å²) in [6.45, 7) is 10.5. The molecule has 0 saturated carbocycles. The molecule has 7 heavy (non-hydrogen) atoms. The normalized spacial score (nSPS) is 9.43. The lowest BCUT2D eigenvalue weighted by Crippen LogP contribution is -1.71. The van der Waals surface area contributed by atoms with Crippen molar-refractivity contribution in [2.24, 2.45) is 0 Å². The Labute approximate surface area is 46.9 Å². The Balaban J connectivity index is 2.45. The number of hydrogen-bond donors (Lipinski definition) is 0. The van der Waals surface area contributed by atoms with E-state index in [1.165, 1.54) is 6.42 Å². The number of unbranched alkanes of at least 4 members (excludes halogenated alkanes) is 4. The zero-order valence-corrected chi connectivity index (χ0v) is 4.69. The average molecular weight is 96.2 g/mol. The highest BCUT2D eigenvalue weighted by molar-refractivity contribution is 4.45. The van der Waals surface area contributed by atoms with Crippen molar-refractivity contribution in [2.75, 3.05) is 0 Å². The molecule has 0 aromatic carbocycles. The predicted molar refractivity (Wildman–Crippen MR) is 31.7 cm³/mol. The second kappa shape index (κ2) is 6.00. The molecule has 0 aliphatic carbocycles. The smallest absolute Gasteiger partial charge is 0.0352 e. The van der Waals surface area contributed by atoms with Crippen molar-refractivity contribution in [1.82, 2.24) is 0 Å². The van der Waals surface area contributed by atoms with Crippen LogP contribution in [0, 0.1) is 13.8 Å². The van der Waals surface area contributed by atoms with Crippen LogP contribution in [0.2, 0.25) is 0 Å². The third-order valence-corrected chi connectivity index (χ3v) is 0.908. The molecular formula is C7H12. The van der Waals surface area contributed by atoms with Crippen LogP contribution in [0.15, 0.2) is 0 Å². The molecular weight excluding hydrogens is 84.1 g/mol. The van der Waals surface area contributed by atoms with Crippen LogP contribution in [0.3, 0.4) is 0 Å². The van der Waals surface area contributed by atoms with E-state index in [0.29, 0.717) is 0 Å². The van der Waals surface area contributed by atoms with Gasteiger partial charge in [0.15, 0.2) is 0 Å². The van der Waals surface area contributed by atoms with E-state index in [1.54, 1.807) is 0 Å². The van der Waals surface area contributed by atoms with E-state index >= 15 is 0 Å². The maximum atomic E-state index is 5.23. The zero-order valence-electron chi connectivity index (χ0n) is 4.69. The van der Waals surface area contributed by atoms with Crippen LogP contribution < -0.4 is 0 Å². The molecule has 0 saturated heterocycles. The highest BCUT2D eigenvalue weighted by Crippen LogP contribution is 1.99. The largest absolute Gasteiger partial charge is 0.0533 e. The van der Waals surface area contributed by atoms with Crippen molar-refractivity contribution >= 4 is 0 Å². The zero-order chi connectivity index (χ0) is 5.54. The van der Waals surface area contributed by atoms with Crippen LogP contribution in [0.5, 0.6) is 0 Å². The fourth-order valence-corrected chi connectivity index (χ4v) is 0.465. The summed E-state index contributed by atoms with van der Waals surface area (Å²) in [7, 11) is 0. The maximum Gasteiger partial charge on any atom is -0.0352 e. The fourth-order valence-electron chi connectivity index (χ4n) is 0.465. The Morgan fingerprint density at radius 3 is 1.43 bits per heavy atom. The summed E-state index contributed by atoms with van der Waals surface area (Å²) in [5.41, 5.74) is 0. The minimum absolute atomic E-state index is 0.806. The first kappa shape index (κ1) is 7.00. The van der Waals surface area contributed by atoms with Crippen LogP contribution in [0.4, 0.5) is 0 Å². The summed E-state index contributed by atoms with van der Waals surface area (Å²) in [6, 6.07) is 0. The van der Waals surface area contributed by atoms with Gasteiger partial charge in [-0.1, -0.05) is 19.3 Å². The highest BCUT2D eigenvalue weighted by atomic mass is 13.9. The Bertz CT molecular complexity index is 19.2. The van der Waals surface area contributed by atoms with Gasteiger partial charge in [-0.3, -0.25) is 0 Å². The van der Waals surface area contributed by atoms with Crippen LogP contribution in [-0.2, 0) is 0 Å². The van der Waals surface area contributed by atoms with Gasteiger partial charge in [0, 0.05) is 0 Å². The van der Waals surface area contributed by atoms with Gasteiger partial charge in [0.2, 0.25) is 0 Å². The molecule has 0 nitrogen and oxygen atoms in total. The second-order valence-corrected chi connectivity index (χ2v) is 1.64. The van der Waals surface area contributed by atoms with E-state index in [0.717, 1.165) is 25.7 Å². The molecule has 0 aromatic rings. The van der Waals surface area contributed by atoms with Crippen LogP contribution in [-0.4, -0.2) is 0 Å². The fraction of sp³-hybridized carbons (Fsp3) is 0.714. The van der Waals surface area contributed by atoms with Gasteiger partial charge in [-0.2, -0.15) is 0 Å². The first-order chi connectivity index (χ1) is 3.41. The molecule has 0 amide bonds. The van der Waals surface area contributed by atoms with Crippen molar-refractivity contribution in [1.29, 1.82) is 0 Å². The number of hydrogen-bond acceptors (Lipinski definition) is 0. The van der Waals surface area contributed by atoms with E-state index in [4.69, 9.17) is 13.8 Å². The Morgan fingerprint density at radius 2 is 1.14 bits per heavy atom. The third-order valence-electron chi connectivity index (χ3n) is 0.908. The van der Waals surface area contributed by atoms with Gasteiger partial charge in [-0.05, 0) is 26.7 Å². The summed E-state index contributed by atoms with van der Waals surface area (Å²) in [6.07, 6.45) is 5.04. The minimum Gasteiger partial charge on any atom is -0.0533 e. The lowest BCUT2D eigenvalue weighted by Gasteiger charge is -1.90. The van der Waals surface area contributed by atoms with Gasteiger partial charge < -0.3 is 0 Å². The Hall–Kier alpha value is 0. The van der Waals surface area contributed by atoms with E-state index in [2.05, 4.69) is 0 Å². The van der Waals surface area contributed by atoms with Gasteiger partial charge in [0.05, 0.1) is 0 Å². The molecule has 0 aliphatic heterocycles. The Morgan fingerprint density at radius 1 is 0.714 bits per heavy atom. The van der Waals surface area contributed by atoms with Crippen LogP contribution in [0.25, 0.3) is 0 Å². The van der Waals surface area contributed by atoms with E-state index in [9.17, 15) is 0 Å². The van der Waals surface area contributed by atoms with E-state index in [-0.39, 0.29) is 0 Å². The molecule has 0 unspecified atom stereocenters. The van der Waals surface area contributed by atoms with Crippen molar-refractivity contribution < 1.29 is 0 Å². The molecule has 0 aromatic heterocycles. The van der Waals surface area contributed by atoms with Crippen molar-refractivity contribution in [3.63, 3.8) is 0 Å². The molecule has 0 bridgehead atoms. The van der Waals surface area contributed by atoms with Crippen molar-refractivity contribution in [3.8, 4) is 0 Å². The molecule has 40 valence electrons. The quantitative estimate of drug-likeness (QED) is 0.471. The van der Waals surface area contributed by atoms with Crippen LogP contribution in [0.1, 0.15) is 32.1 Å². The van der Waals surface area contributed by atoms with Crippen LogP contribution >= 0.6 is 0 Å². The van der Waals surface area contributed by atoms with Gasteiger partial charge in [-0.25, -0.2) is 0 Å². The molecule has 0 aliphatic rings. The van der Waals surface area contributed by atoms with Gasteiger partial charge >= 0.3 is 0 Å². The molecule has 0 fully saturated rings. The standard InChI is InChI=1S/C7H12/c1-3-5-7-6-4-2/h1-2H,3-7H2. The molecule has 0 heteroatoms. The topological polar surface area (TPSA) is 0 Å². The average Bonchev–Trinajstić information content (AvgIpc) is 1.69. The summed E-state index contributed by atoms with van der Waals surface area (Å²) in [5, 5.41) is 0. The molecule has 0 heterocycles. The molecule has 0 N–H and O–H groups in total. The van der Waals surface area contributed by atoms with Crippen molar-refractivity contribution in [2.45, 2.75) is 32.1 Å². The van der Waals surface area contributed by atoms with Gasteiger partial charge in [-0.15, -0.1) is 0 Å². The predicted octanol–water partition coefficient (Wildman–Crippen LogP) is 2.36. The molecule has 4 radical (unpaired) electrons. The summed E-state index contributed by atoms with van der Waals surface area (Å²) < 4.78 is 0. The van der Waals surface area contributed by atoms with E-state index < -0.39 is 0 Å². The molecule has 0 rings (SSSR count). The molecule has 0 spiro atoms. The summed E-state index contributed by atoms with van der Waals surface area (Å²) in [5.74, 6) is 0.